The molecule has 1 unspecified atom stereocenters. The van der Waals surface area contributed by atoms with Crippen LogP contribution in [0.4, 0.5) is 5.82 Å². The number of rotatable bonds is 4. The first-order valence-corrected chi connectivity index (χ1v) is 7.98. The summed E-state index contributed by atoms with van der Waals surface area (Å²) in [5.41, 5.74) is 4.59. The minimum absolute atomic E-state index is 0.204. The van der Waals surface area contributed by atoms with Gasteiger partial charge in [0.2, 0.25) is 0 Å². The quantitative estimate of drug-likeness (QED) is 0.590. The second-order valence-electron chi connectivity index (χ2n) is 6.10. The lowest BCUT2D eigenvalue weighted by Crippen LogP contribution is -2.35. The monoisotopic (exact) mass is 309 g/mol. The normalized spacial score (nSPS) is 13.0. The van der Waals surface area contributed by atoms with Crippen molar-refractivity contribution in [3.63, 3.8) is 0 Å². The van der Waals surface area contributed by atoms with Crippen LogP contribution in [0.5, 0.6) is 0 Å². The van der Waals surface area contributed by atoms with Gasteiger partial charge in [0.05, 0.1) is 23.1 Å². The summed E-state index contributed by atoms with van der Waals surface area (Å²) in [7, 11) is 4.12. The van der Waals surface area contributed by atoms with Gasteiger partial charge in [-0.1, -0.05) is 25.1 Å². The van der Waals surface area contributed by atoms with Crippen molar-refractivity contribution in [1.82, 2.24) is 19.9 Å². The average Bonchev–Trinajstić information content (AvgIpc) is 2.53. The summed E-state index contributed by atoms with van der Waals surface area (Å²) in [6.45, 7) is 6.14. The number of aromatic nitrogens is 3. The summed E-state index contributed by atoms with van der Waals surface area (Å²) in [4.78, 5) is 16.5. The van der Waals surface area contributed by atoms with Crippen molar-refractivity contribution in [2.45, 2.75) is 33.4 Å². The van der Waals surface area contributed by atoms with E-state index in [4.69, 9.17) is 15.0 Å². The standard InChI is InChI=1S/C18H23N5/c1-6-15(23(4)5)22-18-17-16(19-11(2)12(3)20-17)13-9-7-8-10-14(13)21-18/h7-10,15H,6H2,1-5H3,(H,21,22). The summed E-state index contributed by atoms with van der Waals surface area (Å²) in [5, 5.41) is 4.57. The van der Waals surface area contributed by atoms with Crippen LogP contribution in [-0.4, -0.2) is 40.1 Å². The van der Waals surface area contributed by atoms with Crippen molar-refractivity contribution < 1.29 is 0 Å². The first-order valence-electron chi connectivity index (χ1n) is 7.98. The van der Waals surface area contributed by atoms with Gasteiger partial charge in [0.25, 0.3) is 0 Å². The topological polar surface area (TPSA) is 53.9 Å². The maximum atomic E-state index is 4.80. The molecular formula is C18H23N5. The van der Waals surface area contributed by atoms with Crippen LogP contribution in [0.15, 0.2) is 24.3 Å². The smallest absolute Gasteiger partial charge is 0.156 e. The second-order valence-corrected chi connectivity index (χ2v) is 6.10. The highest BCUT2D eigenvalue weighted by atomic mass is 15.2. The highest BCUT2D eigenvalue weighted by Crippen LogP contribution is 2.28. The fourth-order valence-electron chi connectivity index (χ4n) is 2.76. The number of benzene rings is 1. The van der Waals surface area contributed by atoms with Gasteiger partial charge < -0.3 is 5.32 Å². The van der Waals surface area contributed by atoms with Crippen LogP contribution >= 0.6 is 0 Å². The molecule has 2 heterocycles. The van der Waals surface area contributed by atoms with E-state index in [-0.39, 0.29) is 6.17 Å². The van der Waals surface area contributed by atoms with Crippen LogP contribution in [0.3, 0.4) is 0 Å². The van der Waals surface area contributed by atoms with Crippen molar-refractivity contribution >= 4 is 27.8 Å². The number of hydrogen-bond donors (Lipinski definition) is 1. The second kappa shape index (κ2) is 6.08. The molecule has 0 amide bonds. The lowest BCUT2D eigenvalue weighted by atomic mass is 10.1. The molecular weight excluding hydrogens is 286 g/mol. The Morgan fingerprint density at radius 2 is 1.65 bits per heavy atom. The molecule has 0 saturated carbocycles. The van der Waals surface area contributed by atoms with Crippen molar-refractivity contribution in [2.24, 2.45) is 0 Å². The predicted molar refractivity (Wildman–Crippen MR) is 95.7 cm³/mol. The Morgan fingerprint density at radius 3 is 2.30 bits per heavy atom. The van der Waals surface area contributed by atoms with Crippen LogP contribution in [0.2, 0.25) is 0 Å². The zero-order valence-electron chi connectivity index (χ0n) is 14.4. The van der Waals surface area contributed by atoms with Gasteiger partial charge in [0, 0.05) is 5.39 Å². The van der Waals surface area contributed by atoms with Crippen LogP contribution in [0.1, 0.15) is 24.7 Å². The zero-order valence-corrected chi connectivity index (χ0v) is 14.4. The number of fused-ring (bicyclic) bond motifs is 3. The zero-order chi connectivity index (χ0) is 16.6. The van der Waals surface area contributed by atoms with Crippen LogP contribution in [0, 0.1) is 13.8 Å². The molecule has 2 aromatic heterocycles. The Hall–Kier alpha value is -2.27. The van der Waals surface area contributed by atoms with E-state index in [9.17, 15) is 0 Å². The molecule has 3 aromatic rings. The van der Waals surface area contributed by atoms with Gasteiger partial charge in [-0.05, 0) is 40.4 Å². The third-order valence-corrected chi connectivity index (χ3v) is 4.24. The molecule has 3 rings (SSSR count). The van der Waals surface area contributed by atoms with Crippen LogP contribution in [-0.2, 0) is 0 Å². The van der Waals surface area contributed by atoms with Crippen molar-refractivity contribution in [2.75, 3.05) is 19.4 Å². The molecule has 23 heavy (non-hydrogen) atoms. The number of anilines is 1. The Labute approximate surface area is 136 Å². The van der Waals surface area contributed by atoms with Gasteiger partial charge in [-0.2, -0.15) is 0 Å². The molecule has 5 nitrogen and oxygen atoms in total. The Bertz CT molecular complexity index is 857. The number of hydrogen-bond acceptors (Lipinski definition) is 5. The summed E-state index contributed by atoms with van der Waals surface area (Å²) < 4.78 is 0. The highest BCUT2D eigenvalue weighted by Gasteiger charge is 2.16. The molecule has 120 valence electrons. The minimum atomic E-state index is 0.204. The molecule has 0 spiro atoms. The highest BCUT2D eigenvalue weighted by molar-refractivity contribution is 6.06. The van der Waals surface area contributed by atoms with Crippen molar-refractivity contribution in [3.05, 3.63) is 35.7 Å². The SMILES string of the molecule is CCC(Nc1nc2ccccc2c2nc(C)c(C)nc12)N(C)C. The molecule has 5 heteroatoms. The molecule has 0 fully saturated rings. The van der Waals surface area contributed by atoms with Gasteiger partial charge in [-0.25, -0.2) is 15.0 Å². The molecule has 1 N–H and O–H groups in total. The van der Waals surface area contributed by atoms with Gasteiger partial charge >= 0.3 is 0 Å². The Morgan fingerprint density at radius 1 is 1.00 bits per heavy atom. The number of para-hydroxylation sites is 1. The summed E-state index contributed by atoms with van der Waals surface area (Å²) in [5.74, 6) is 0.801. The fraction of sp³-hybridized carbons (Fsp3) is 0.389. The van der Waals surface area contributed by atoms with Crippen LogP contribution < -0.4 is 5.32 Å². The van der Waals surface area contributed by atoms with E-state index in [2.05, 4.69) is 37.3 Å². The molecule has 1 atom stereocenters. The summed E-state index contributed by atoms with van der Waals surface area (Å²) >= 11 is 0. The predicted octanol–water partition coefficient (Wildman–Crippen LogP) is 3.50. The molecule has 0 aliphatic rings. The Kier molecular flexibility index (Phi) is 4.13. The average molecular weight is 309 g/mol. The van der Waals surface area contributed by atoms with E-state index in [1.165, 1.54) is 0 Å². The first kappa shape index (κ1) is 15.6. The molecule has 0 saturated heterocycles. The maximum absolute atomic E-state index is 4.80. The fourth-order valence-corrected chi connectivity index (χ4v) is 2.76. The molecule has 1 aromatic carbocycles. The maximum Gasteiger partial charge on any atom is 0.156 e. The molecule has 0 bridgehead atoms. The van der Waals surface area contributed by atoms with E-state index in [0.717, 1.165) is 45.6 Å². The Balaban J connectivity index is 2.28. The van der Waals surface area contributed by atoms with E-state index in [1.54, 1.807) is 0 Å². The number of pyridine rings is 1. The largest absolute Gasteiger partial charge is 0.353 e. The van der Waals surface area contributed by atoms with Crippen molar-refractivity contribution in [1.29, 1.82) is 0 Å². The number of aryl methyl sites for hydroxylation is 2. The number of nitrogens with one attached hydrogen (secondary N) is 1. The van der Waals surface area contributed by atoms with Gasteiger partial charge in [0.1, 0.15) is 11.0 Å². The molecule has 0 aliphatic carbocycles. The summed E-state index contributed by atoms with van der Waals surface area (Å²) in [6.07, 6.45) is 1.18. The van der Waals surface area contributed by atoms with E-state index in [1.807, 2.05) is 32.0 Å². The van der Waals surface area contributed by atoms with E-state index in [0.29, 0.717) is 0 Å². The molecule has 0 radical (unpaired) electrons. The third kappa shape index (κ3) is 2.84. The third-order valence-electron chi connectivity index (χ3n) is 4.24. The lowest BCUT2D eigenvalue weighted by molar-refractivity contribution is 0.315. The van der Waals surface area contributed by atoms with E-state index < -0.39 is 0 Å². The van der Waals surface area contributed by atoms with E-state index >= 15 is 0 Å². The molecule has 0 aliphatic heterocycles. The van der Waals surface area contributed by atoms with Gasteiger partial charge in [-0.15, -0.1) is 0 Å². The van der Waals surface area contributed by atoms with Crippen LogP contribution in [0.25, 0.3) is 21.9 Å². The summed E-state index contributed by atoms with van der Waals surface area (Å²) in [6, 6.07) is 8.10. The lowest BCUT2D eigenvalue weighted by Gasteiger charge is -2.25. The number of nitrogens with zero attached hydrogens (tertiary/aromatic N) is 4. The first-order chi connectivity index (χ1) is 11.0. The van der Waals surface area contributed by atoms with Gasteiger partial charge in [0.15, 0.2) is 5.82 Å². The minimum Gasteiger partial charge on any atom is -0.353 e. The van der Waals surface area contributed by atoms with Crippen molar-refractivity contribution in [3.8, 4) is 0 Å². The van der Waals surface area contributed by atoms with Gasteiger partial charge in [-0.3, -0.25) is 4.90 Å².